The molecular weight excluding hydrogens is 154 g/mol. The molecule has 1 rings (SSSR count). The van der Waals surface area contributed by atoms with Crippen LogP contribution in [0.2, 0.25) is 0 Å². The first-order valence-electron chi connectivity index (χ1n) is 4.13. The molecule has 2 N–H and O–H groups in total. The first-order valence-corrected chi connectivity index (χ1v) is 4.13. The van der Waals surface area contributed by atoms with Crippen molar-refractivity contribution in [3.8, 4) is 5.75 Å². The molecule has 0 aromatic carbocycles. The van der Waals surface area contributed by atoms with E-state index in [2.05, 4.69) is 5.10 Å². The van der Waals surface area contributed by atoms with Gasteiger partial charge in [-0.2, -0.15) is 5.10 Å². The molecule has 12 heavy (non-hydrogen) atoms. The lowest BCUT2D eigenvalue weighted by Crippen LogP contribution is -2.22. The highest BCUT2D eigenvalue weighted by Crippen LogP contribution is 2.07. The summed E-state index contributed by atoms with van der Waals surface area (Å²) in [6, 6.07) is 0.124. The summed E-state index contributed by atoms with van der Waals surface area (Å²) in [6.45, 7) is 5.29. The van der Waals surface area contributed by atoms with Crippen LogP contribution in [0.1, 0.15) is 13.8 Å². The van der Waals surface area contributed by atoms with Gasteiger partial charge in [-0.25, -0.2) is 0 Å². The first kappa shape index (κ1) is 9.06. The molecule has 0 saturated heterocycles. The third-order valence-corrected chi connectivity index (χ3v) is 1.40. The quantitative estimate of drug-likeness (QED) is 0.719. The number of nitrogens with zero attached hydrogens (tertiary/aromatic N) is 2. The molecule has 68 valence electrons. The molecular formula is C8H15N3O. The van der Waals surface area contributed by atoms with Gasteiger partial charge in [0.05, 0.1) is 25.5 Å². The molecule has 0 aliphatic rings. The molecule has 1 unspecified atom stereocenters. The van der Waals surface area contributed by atoms with Crippen molar-refractivity contribution in [2.75, 3.05) is 6.61 Å². The lowest BCUT2D eigenvalue weighted by Gasteiger charge is -2.03. The number of hydrogen-bond donors (Lipinski definition) is 1. The van der Waals surface area contributed by atoms with Crippen LogP contribution >= 0.6 is 0 Å². The van der Waals surface area contributed by atoms with Gasteiger partial charge in [0.2, 0.25) is 0 Å². The minimum absolute atomic E-state index is 0.124. The van der Waals surface area contributed by atoms with Crippen molar-refractivity contribution in [3.05, 3.63) is 12.4 Å². The molecule has 1 heterocycles. The number of nitrogens with two attached hydrogens (primary N) is 1. The Hall–Kier alpha value is -1.03. The summed E-state index contributed by atoms with van der Waals surface area (Å²) in [5.41, 5.74) is 5.61. The van der Waals surface area contributed by atoms with Crippen molar-refractivity contribution in [2.24, 2.45) is 5.73 Å². The van der Waals surface area contributed by atoms with Crippen molar-refractivity contribution in [1.82, 2.24) is 9.78 Å². The summed E-state index contributed by atoms with van der Waals surface area (Å²) < 4.78 is 7.03. The largest absolute Gasteiger partial charge is 0.491 e. The van der Waals surface area contributed by atoms with Crippen LogP contribution in [0.15, 0.2) is 12.4 Å². The first-order chi connectivity index (χ1) is 5.72. The summed E-state index contributed by atoms with van der Waals surface area (Å²) in [5, 5.41) is 4.09. The fourth-order valence-electron chi connectivity index (χ4n) is 0.981. The summed E-state index contributed by atoms with van der Waals surface area (Å²) in [7, 11) is 0. The van der Waals surface area contributed by atoms with E-state index in [0.717, 1.165) is 12.3 Å². The van der Waals surface area contributed by atoms with E-state index in [0.29, 0.717) is 6.61 Å². The maximum atomic E-state index is 5.61. The number of rotatable bonds is 4. The van der Waals surface area contributed by atoms with Crippen LogP contribution in [0.3, 0.4) is 0 Å². The van der Waals surface area contributed by atoms with E-state index in [1.807, 2.05) is 20.0 Å². The summed E-state index contributed by atoms with van der Waals surface area (Å²) in [4.78, 5) is 0. The van der Waals surface area contributed by atoms with E-state index in [4.69, 9.17) is 10.5 Å². The van der Waals surface area contributed by atoms with Crippen LogP contribution in [-0.4, -0.2) is 22.4 Å². The highest BCUT2D eigenvalue weighted by molar-refractivity contribution is 5.11. The number of aromatic nitrogens is 2. The van der Waals surface area contributed by atoms with E-state index < -0.39 is 0 Å². The fraction of sp³-hybridized carbons (Fsp3) is 0.625. The fourth-order valence-corrected chi connectivity index (χ4v) is 0.981. The minimum atomic E-state index is 0.124. The van der Waals surface area contributed by atoms with E-state index >= 15 is 0 Å². The molecule has 0 radical (unpaired) electrons. The Kier molecular flexibility index (Phi) is 3.10. The topological polar surface area (TPSA) is 53.1 Å². The van der Waals surface area contributed by atoms with Gasteiger partial charge in [0.1, 0.15) is 0 Å². The molecule has 0 saturated carbocycles. The maximum Gasteiger partial charge on any atom is 0.157 e. The Morgan fingerprint density at radius 1 is 1.75 bits per heavy atom. The monoisotopic (exact) mass is 169 g/mol. The van der Waals surface area contributed by atoms with Crippen molar-refractivity contribution < 1.29 is 4.74 Å². The van der Waals surface area contributed by atoms with Gasteiger partial charge in [0.25, 0.3) is 0 Å². The number of ether oxygens (including phenoxy) is 1. The minimum Gasteiger partial charge on any atom is -0.491 e. The van der Waals surface area contributed by atoms with Crippen LogP contribution in [0.4, 0.5) is 0 Å². The van der Waals surface area contributed by atoms with Gasteiger partial charge in [-0.3, -0.25) is 4.68 Å². The molecule has 1 aromatic rings. The van der Waals surface area contributed by atoms with Gasteiger partial charge in [0.15, 0.2) is 5.75 Å². The maximum absolute atomic E-state index is 5.61. The normalized spacial score (nSPS) is 12.9. The molecule has 1 aromatic heterocycles. The predicted octanol–water partition coefficient (Wildman–Crippen LogP) is 0.629. The highest BCUT2D eigenvalue weighted by Gasteiger charge is 1.99. The van der Waals surface area contributed by atoms with Crippen LogP contribution < -0.4 is 10.5 Å². The van der Waals surface area contributed by atoms with Gasteiger partial charge >= 0.3 is 0 Å². The van der Waals surface area contributed by atoms with Crippen LogP contribution in [0, 0.1) is 0 Å². The van der Waals surface area contributed by atoms with Gasteiger partial charge in [-0.1, -0.05) is 0 Å². The van der Waals surface area contributed by atoms with E-state index in [1.165, 1.54) is 0 Å². The Morgan fingerprint density at radius 3 is 3.08 bits per heavy atom. The zero-order chi connectivity index (χ0) is 8.97. The van der Waals surface area contributed by atoms with Crippen molar-refractivity contribution in [2.45, 2.75) is 26.4 Å². The van der Waals surface area contributed by atoms with Gasteiger partial charge in [-0.05, 0) is 13.8 Å². The molecule has 0 aliphatic heterocycles. The van der Waals surface area contributed by atoms with E-state index in [-0.39, 0.29) is 6.04 Å². The second-order valence-corrected chi connectivity index (χ2v) is 2.81. The zero-order valence-electron chi connectivity index (χ0n) is 7.53. The second-order valence-electron chi connectivity index (χ2n) is 2.81. The molecule has 0 fully saturated rings. The Balaban J connectivity index is 2.52. The van der Waals surface area contributed by atoms with E-state index in [1.54, 1.807) is 10.9 Å². The Labute approximate surface area is 72.3 Å². The molecule has 0 amide bonds. The molecule has 0 spiro atoms. The SMILES string of the molecule is CCOc1cnn(CC(C)N)c1. The van der Waals surface area contributed by atoms with Crippen LogP contribution in [-0.2, 0) is 6.54 Å². The van der Waals surface area contributed by atoms with Crippen LogP contribution in [0.5, 0.6) is 5.75 Å². The van der Waals surface area contributed by atoms with Crippen molar-refractivity contribution >= 4 is 0 Å². The zero-order valence-corrected chi connectivity index (χ0v) is 7.53. The molecule has 4 nitrogen and oxygen atoms in total. The average Bonchev–Trinajstić information content (AvgIpc) is 2.36. The molecule has 4 heteroatoms. The van der Waals surface area contributed by atoms with Crippen molar-refractivity contribution in [3.63, 3.8) is 0 Å². The van der Waals surface area contributed by atoms with E-state index in [9.17, 15) is 0 Å². The summed E-state index contributed by atoms with van der Waals surface area (Å²) in [6.07, 6.45) is 3.55. The van der Waals surface area contributed by atoms with Crippen molar-refractivity contribution in [1.29, 1.82) is 0 Å². The Morgan fingerprint density at radius 2 is 2.50 bits per heavy atom. The molecule has 0 aliphatic carbocycles. The number of hydrogen-bond acceptors (Lipinski definition) is 3. The van der Waals surface area contributed by atoms with Gasteiger partial charge in [0, 0.05) is 6.04 Å². The summed E-state index contributed by atoms with van der Waals surface area (Å²) >= 11 is 0. The smallest absolute Gasteiger partial charge is 0.157 e. The third-order valence-electron chi connectivity index (χ3n) is 1.40. The lowest BCUT2D eigenvalue weighted by atomic mass is 10.4. The predicted molar refractivity (Wildman–Crippen MR) is 47.0 cm³/mol. The molecule has 1 atom stereocenters. The average molecular weight is 169 g/mol. The van der Waals surface area contributed by atoms with Gasteiger partial charge < -0.3 is 10.5 Å². The molecule has 0 bridgehead atoms. The standard InChI is InChI=1S/C8H15N3O/c1-3-12-8-4-10-11(6-8)5-7(2)9/h4,6-7H,3,5,9H2,1-2H3. The lowest BCUT2D eigenvalue weighted by molar-refractivity contribution is 0.339. The third kappa shape index (κ3) is 2.54. The Bertz CT molecular complexity index is 232. The summed E-state index contributed by atoms with van der Waals surface area (Å²) in [5.74, 6) is 0.804. The van der Waals surface area contributed by atoms with Gasteiger partial charge in [-0.15, -0.1) is 0 Å². The highest BCUT2D eigenvalue weighted by atomic mass is 16.5. The van der Waals surface area contributed by atoms with Crippen LogP contribution in [0.25, 0.3) is 0 Å². The second kappa shape index (κ2) is 4.11.